The zero-order chi connectivity index (χ0) is 12.3. The predicted molar refractivity (Wildman–Crippen MR) is 76.5 cm³/mol. The van der Waals surface area contributed by atoms with Crippen molar-refractivity contribution in [2.75, 3.05) is 6.54 Å². The lowest BCUT2D eigenvalue weighted by atomic mass is 10.00. The standard InChI is InChI=1S/C13H15BrN2S/c1-9-8-17-13(16-9)11(7-15)6-10-4-2-3-5-12(10)14/h2-5,8,11H,6-7,15H2,1H3. The highest BCUT2D eigenvalue weighted by atomic mass is 79.9. The molecule has 0 aliphatic carbocycles. The van der Waals surface area contributed by atoms with Crippen LogP contribution in [0.2, 0.25) is 0 Å². The molecule has 1 aromatic carbocycles. The van der Waals surface area contributed by atoms with Crippen molar-refractivity contribution in [1.29, 1.82) is 0 Å². The number of halogens is 1. The van der Waals surface area contributed by atoms with Gasteiger partial charge in [-0.1, -0.05) is 34.1 Å². The first-order chi connectivity index (χ1) is 8.20. The largest absolute Gasteiger partial charge is 0.330 e. The quantitative estimate of drug-likeness (QED) is 0.938. The zero-order valence-electron chi connectivity index (χ0n) is 9.69. The molecule has 2 nitrogen and oxygen atoms in total. The third-order valence-corrected chi connectivity index (χ3v) is 4.59. The molecule has 0 radical (unpaired) electrons. The van der Waals surface area contributed by atoms with Gasteiger partial charge >= 0.3 is 0 Å². The minimum Gasteiger partial charge on any atom is -0.330 e. The summed E-state index contributed by atoms with van der Waals surface area (Å²) in [6.07, 6.45) is 0.935. The lowest BCUT2D eigenvalue weighted by Crippen LogP contribution is -2.15. The average Bonchev–Trinajstić information content (AvgIpc) is 2.75. The maximum Gasteiger partial charge on any atom is 0.0975 e. The van der Waals surface area contributed by atoms with E-state index in [1.807, 2.05) is 13.0 Å². The molecule has 4 heteroatoms. The van der Waals surface area contributed by atoms with Gasteiger partial charge in [0.15, 0.2) is 0 Å². The van der Waals surface area contributed by atoms with Crippen LogP contribution in [0.1, 0.15) is 22.2 Å². The van der Waals surface area contributed by atoms with E-state index in [-0.39, 0.29) is 0 Å². The molecule has 0 amide bonds. The molecule has 0 fully saturated rings. The third-order valence-electron chi connectivity index (χ3n) is 2.69. The van der Waals surface area contributed by atoms with Gasteiger partial charge in [-0.3, -0.25) is 0 Å². The van der Waals surface area contributed by atoms with E-state index in [0.29, 0.717) is 12.5 Å². The maximum absolute atomic E-state index is 5.86. The number of aromatic nitrogens is 1. The van der Waals surface area contributed by atoms with Crippen molar-refractivity contribution in [3.8, 4) is 0 Å². The second kappa shape index (κ2) is 5.76. The molecule has 1 aromatic heterocycles. The van der Waals surface area contributed by atoms with E-state index in [4.69, 9.17) is 5.73 Å². The zero-order valence-corrected chi connectivity index (χ0v) is 12.1. The molecule has 1 atom stereocenters. The van der Waals surface area contributed by atoms with Gasteiger partial charge in [-0.15, -0.1) is 11.3 Å². The monoisotopic (exact) mass is 310 g/mol. The summed E-state index contributed by atoms with van der Waals surface area (Å²) < 4.78 is 1.15. The summed E-state index contributed by atoms with van der Waals surface area (Å²) in [5.41, 5.74) is 8.23. The lowest BCUT2D eigenvalue weighted by molar-refractivity contribution is 0.685. The number of benzene rings is 1. The Morgan fingerprint density at radius 1 is 1.41 bits per heavy atom. The highest BCUT2D eigenvalue weighted by Crippen LogP contribution is 2.26. The number of aryl methyl sites for hydroxylation is 1. The van der Waals surface area contributed by atoms with Gasteiger partial charge in [0.05, 0.1) is 5.01 Å². The van der Waals surface area contributed by atoms with Gasteiger partial charge in [0, 0.05) is 28.0 Å². The van der Waals surface area contributed by atoms with Gasteiger partial charge < -0.3 is 5.73 Å². The van der Waals surface area contributed by atoms with Gasteiger partial charge in [-0.25, -0.2) is 4.98 Å². The Balaban J connectivity index is 2.18. The Morgan fingerprint density at radius 2 is 2.18 bits per heavy atom. The molecule has 1 heterocycles. The molecule has 0 aliphatic heterocycles. The van der Waals surface area contributed by atoms with E-state index in [1.54, 1.807) is 11.3 Å². The van der Waals surface area contributed by atoms with Crippen LogP contribution in [0.5, 0.6) is 0 Å². The fourth-order valence-corrected chi connectivity index (χ4v) is 3.12. The normalized spacial score (nSPS) is 12.6. The van der Waals surface area contributed by atoms with Crippen LogP contribution < -0.4 is 5.73 Å². The van der Waals surface area contributed by atoms with E-state index in [2.05, 4.69) is 44.5 Å². The fraction of sp³-hybridized carbons (Fsp3) is 0.308. The SMILES string of the molecule is Cc1csc(C(CN)Cc2ccccc2Br)n1. The van der Waals surface area contributed by atoms with Gasteiger partial charge in [0.2, 0.25) is 0 Å². The maximum atomic E-state index is 5.86. The highest BCUT2D eigenvalue weighted by molar-refractivity contribution is 9.10. The first-order valence-electron chi connectivity index (χ1n) is 5.56. The number of hydrogen-bond acceptors (Lipinski definition) is 3. The van der Waals surface area contributed by atoms with Crippen LogP contribution in [0, 0.1) is 6.92 Å². The average molecular weight is 311 g/mol. The Hall–Kier alpha value is -0.710. The lowest BCUT2D eigenvalue weighted by Gasteiger charge is -2.13. The highest BCUT2D eigenvalue weighted by Gasteiger charge is 2.15. The molecule has 2 rings (SSSR count). The number of nitrogens with two attached hydrogens (primary N) is 1. The minimum atomic E-state index is 0.312. The van der Waals surface area contributed by atoms with Crippen LogP contribution in [-0.2, 0) is 6.42 Å². The molecule has 0 spiro atoms. The van der Waals surface area contributed by atoms with Gasteiger partial charge in [0.25, 0.3) is 0 Å². The molecular weight excluding hydrogens is 296 g/mol. The first-order valence-corrected chi connectivity index (χ1v) is 7.23. The molecule has 0 saturated heterocycles. The second-order valence-electron chi connectivity index (χ2n) is 4.06. The molecule has 2 N–H and O–H groups in total. The van der Waals surface area contributed by atoms with Crippen molar-refractivity contribution >= 4 is 27.3 Å². The molecule has 0 saturated carbocycles. The molecule has 1 unspecified atom stereocenters. The molecule has 2 aromatic rings. The van der Waals surface area contributed by atoms with Crippen LogP contribution in [-0.4, -0.2) is 11.5 Å². The van der Waals surface area contributed by atoms with E-state index >= 15 is 0 Å². The van der Waals surface area contributed by atoms with E-state index in [9.17, 15) is 0 Å². The first kappa shape index (κ1) is 12.7. The van der Waals surface area contributed by atoms with Crippen LogP contribution in [0.15, 0.2) is 34.1 Å². The summed E-state index contributed by atoms with van der Waals surface area (Å²) >= 11 is 5.27. The van der Waals surface area contributed by atoms with Crippen LogP contribution in [0.25, 0.3) is 0 Å². The van der Waals surface area contributed by atoms with Gasteiger partial charge in [-0.05, 0) is 25.0 Å². The van der Waals surface area contributed by atoms with Crippen molar-refractivity contribution in [3.63, 3.8) is 0 Å². The second-order valence-corrected chi connectivity index (χ2v) is 5.80. The molecule has 0 aliphatic rings. The Bertz CT molecular complexity index is 496. The summed E-state index contributed by atoms with van der Waals surface area (Å²) in [6.45, 7) is 2.65. The minimum absolute atomic E-state index is 0.312. The summed E-state index contributed by atoms with van der Waals surface area (Å²) in [7, 11) is 0. The summed E-state index contributed by atoms with van der Waals surface area (Å²) in [5.74, 6) is 0.312. The third kappa shape index (κ3) is 3.15. The molecule has 0 bridgehead atoms. The van der Waals surface area contributed by atoms with Crippen molar-refractivity contribution < 1.29 is 0 Å². The smallest absolute Gasteiger partial charge is 0.0975 e. The molecule has 90 valence electrons. The Labute approximate surface area is 114 Å². The van der Waals surface area contributed by atoms with Crippen LogP contribution >= 0.6 is 27.3 Å². The number of hydrogen-bond donors (Lipinski definition) is 1. The van der Waals surface area contributed by atoms with Crippen molar-refractivity contribution in [3.05, 3.63) is 50.4 Å². The number of thiazole rings is 1. The Kier molecular flexibility index (Phi) is 4.31. The van der Waals surface area contributed by atoms with E-state index in [0.717, 1.165) is 21.6 Å². The fourth-order valence-electron chi connectivity index (χ4n) is 1.76. The van der Waals surface area contributed by atoms with Gasteiger partial charge in [0.1, 0.15) is 0 Å². The summed E-state index contributed by atoms with van der Waals surface area (Å²) in [5, 5.41) is 3.22. The van der Waals surface area contributed by atoms with E-state index < -0.39 is 0 Å². The summed E-state index contributed by atoms with van der Waals surface area (Å²) in [4.78, 5) is 4.53. The van der Waals surface area contributed by atoms with Gasteiger partial charge in [-0.2, -0.15) is 0 Å². The number of nitrogens with zero attached hydrogens (tertiary/aromatic N) is 1. The predicted octanol–water partition coefficient (Wildman–Crippen LogP) is 3.50. The number of rotatable bonds is 4. The van der Waals surface area contributed by atoms with Crippen LogP contribution in [0.3, 0.4) is 0 Å². The Morgan fingerprint density at radius 3 is 2.76 bits per heavy atom. The molecular formula is C13H15BrN2S. The van der Waals surface area contributed by atoms with Crippen molar-refractivity contribution in [1.82, 2.24) is 4.98 Å². The summed E-state index contributed by atoms with van der Waals surface area (Å²) in [6, 6.07) is 8.28. The van der Waals surface area contributed by atoms with Crippen LogP contribution in [0.4, 0.5) is 0 Å². The topological polar surface area (TPSA) is 38.9 Å². The van der Waals surface area contributed by atoms with Crippen molar-refractivity contribution in [2.45, 2.75) is 19.3 Å². The molecule has 17 heavy (non-hydrogen) atoms. The van der Waals surface area contributed by atoms with Crippen molar-refractivity contribution in [2.24, 2.45) is 5.73 Å². The van der Waals surface area contributed by atoms with E-state index in [1.165, 1.54) is 5.56 Å².